The molecule has 1 atom stereocenters. The fourth-order valence-corrected chi connectivity index (χ4v) is 1.52. The van der Waals surface area contributed by atoms with E-state index in [-0.39, 0.29) is 11.0 Å². The number of aliphatic carboxylic acids is 1. The summed E-state index contributed by atoms with van der Waals surface area (Å²) in [4.78, 5) is 10.1. The van der Waals surface area contributed by atoms with Crippen molar-refractivity contribution in [3.63, 3.8) is 0 Å². The molecule has 14 heavy (non-hydrogen) atoms. The van der Waals surface area contributed by atoms with E-state index in [1.54, 1.807) is 0 Å². The quantitative estimate of drug-likeness (QED) is 0.734. The van der Waals surface area contributed by atoms with Gasteiger partial charge in [0.05, 0.1) is 6.54 Å². The van der Waals surface area contributed by atoms with Crippen molar-refractivity contribution in [3.8, 4) is 0 Å². The van der Waals surface area contributed by atoms with E-state index in [1.807, 2.05) is 20.8 Å². The number of carboxylic acid groups (broad SMARTS) is 1. The van der Waals surface area contributed by atoms with Crippen LogP contribution in [-0.2, 0) is 4.79 Å². The maximum atomic E-state index is 12.7. The van der Waals surface area contributed by atoms with E-state index in [4.69, 9.17) is 5.11 Å². The Labute approximate surface area is 81.5 Å². The molecule has 0 radical (unpaired) electrons. The Hall–Kier alpha value is -0.710. The summed E-state index contributed by atoms with van der Waals surface area (Å²) in [7, 11) is 0. The third kappa shape index (κ3) is 1.87. The van der Waals surface area contributed by atoms with Gasteiger partial charge in [0.15, 0.2) is 0 Å². The van der Waals surface area contributed by atoms with Crippen molar-refractivity contribution in [1.82, 2.24) is 5.32 Å². The first-order chi connectivity index (χ1) is 6.11. The molecule has 0 aromatic heterocycles. The molecule has 0 bridgehead atoms. The lowest BCUT2D eigenvalue weighted by Gasteiger charge is -2.19. The van der Waals surface area contributed by atoms with Crippen LogP contribution in [0.5, 0.6) is 0 Å². The van der Waals surface area contributed by atoms with E-state index in [0.717, 1.165) is 6.42 Å². The van der Waals surface area contributed by atoms with Gasteiger partial charge in [0.2, 0.25) is 0 Å². The molecule has 0 amide bonds. The summed E-state index contributed by atoms with van der Waals surface area (Å²) in [6, 6.07) is 0. The van der Waals surface area contributed by atoms with E-state index < -0.39 is 18.4 Å². The summed E-state index contributed by atoms with van der Waals surface area (Å²) in [6.45, 7) is 4.94. The first-order valence-corrected chi connectivity index (χ1v) is 4.47. The SMILES string of the molecule is CC1(C)CC1(C)NCC(F)(F)C(=O)O. The fourth-order valence-electron chi connectivity index (χ4n) is 1.52. The van der Waals surface area contributed by atoms with Crippen LogP contribution in [0.25, 0.3) is 0 Å². The number of carboxylic acids is 1. The van der Waals surface area contributed by atoms with E-state index in [9.17, 15) is 13.6 Å². The summed E-state index contributed by atoms with van der Waals surface area (Å²) in [5.41, 5.74) is -0.381. The van der Waals surface area contributed by atoms with Crippen molar-refractivity contribution in [3.05, 3.63) is 0 Å². The molecule has 0 aliphatic heterocycles. The lowest BCUT2D eigenvalue weighted by Crippen LogP contribution is -2.45. The molecule has 82 valence electrons. The van der Waals surface area contributed by atoms with Crippen molar-refractivity contribution in [2.45, 2.75) is 38.7 Å². The maximum absolute atomic E-state index is 12.7. The third-order valence-corrected chi connectivity index (χ3v) is 3.18. The second kappa shape index (κ2) is 2.89. The molecule has 3 nitrogen and oxygen atoms in total. The van der Waals surface area contributed by atoms with Crippen LogP contribution in [0.15, 0.2) is 0 Å². The molecule has 5 heteroatoms. The van der Waals surface area contributed by atoms with Crippen molar-refractivity contribution in [2.75, 3.05) is 6.54 Å². The first-order valence-electron chi connectivity index (χ1n) is 4.47. The third-order valence-electron chi connectivity index (χ3n) is 3.18. The molecule has 0 saturated heterocycles. The van der Waals surface area contributed by atoms with Gasteiger partial charge in [-0.25, -0.2) is 4.79 Å². The number of nitrogens with one attached hydrogen (secondary N) is 1. The average Bonchev–Trinajstić information content (AvgIpc) is 2.48. The first kappa shape index (κ1) is 11.4. The van der Waals surface area contributed by atoms with Crippen LogP contribution in [0.2, 0.25) is 0 Å². The monoisotopic (exact) mass is 207 g/mol. The van der Waals surface area contributed by atoms with Gasteiger partial charge in [-0.1, -0.05) is 13.8 Å². The standard InChI is InChI=1S/C9H15F2NO2/c1-7(2)4-8(7,3)12-5-9(10,11)6(13)14/h12H,4-5H2,1-3H3,(H,13,14). The van der Waals surface area contributed by atoms with E-state index >= 15 is 0 Å². The van der Waals surface area contributed by atoms with Gasteiger partial charge < -0.3 is 10.4 Å². The number of carbonyl (C=O) groups is 1. The Morgan fingerprint density at radius 1 is 1.50 bits per heavy atom. The number of alkyl halides is 2. The Morgan fingerprint density at radius 2 is 1.93 bits per heavy atom. The van der Waals surface area contributed by atoms with Gasteiger partial charge >= 0.3 is 11.9 Å². The van der Waals surface area contributed by atoms with Gasteiger partial charge in [0, 0.05) is 5.54 Å². The van der Waals surface area contributed by atoms with Crippen molar-refractivity contribution >= 4 is 5.97 Å². The molecule has 1 aliphatic carbocycles. The normalized spacial score (nSPS) is 30.1. The zero-order chi connectivity index (χ0) is 11.2. The molecule has 0 spiro atoms. The molecule has 2 N–H and O–H groups in total. The Bertz CT molecular complexity index is 266. The van der Waals surface area contributed by atoms with Gasteiger partial charge in [-0.3, -0.25) is 0 Å². The predicted octanol–water partition coefficient (Wildman–Crippen LogP) is 1.48. The molecule has 0 aromatic rings. The highest BCUT2D eigenvalue weighted by Crippen LogP contribution is 2.55. The lowest BCUT2D eigenvalue weighted by atomic mass is 10.1. The van der Waals surface area contributed by atoms with Crippen molar-refractivity contribution in [1.29, 1.82) is 0 Å². The molecule has 1 rings (SSSR count). The topological polar surface area (TPSA) is 49.3 Å². The number of rotatable bonds is 4. The molecule has 1 saturated carbocycles. The van der Waals surface area contributed by atoms with Gasteiger partial charge in [-0.15, -0.1) is 0 Å². The Morgan fingerprint density at radius 3 is 2.21 bits per heavy atom. The largest absolute Gasteiger partial charge is 0.477 e. The zero-order valence-corrected chi connectivity index (χ0v) is 8.53. The molecule has 1 fully saturated rings. The summed E-state index contributed by atoms with van der Waals surface area (Å²) >= 11 is 0. The van der Waals surface area contributed by atoms with Crippen LogP contribution in [0, 0.1) is 5.41 Å². The maximum Gasteiger partial charge on any atom is 0.375 e. The Balaban J connectivity index is 2.47. The summed E-state index contributed by atoms with van der Waals surface area (Å²) < 4.78 is 25.4. The van der Waals surface area contributed by atoms with Crippen LogP contribution < -0.4 is 5.32 Å². The highest BCUT2D eigenvalue weighted by molar-refractivity contribution is 5.75. The van der Waals surface area contributed by atoms with E-state index in [0.29, 0.717) is 0 Å². The zero-order valence-electron chi connectivity index (χ0n) is 8.53. The summed E-state index contributed by atoms with van der Waals surface area (Å²) in [5, 5.41) is 10.8. The minimum absolute atomic E-state index is 0.0262. The van der Waals surface area contributed by atoms with Gasteiger partial charge in [0.25, 0.3) is 0 Å². The van der Waals surface area contributed by atoms with Gasteiger partial charge in [-0.2, -0.15) is 8.78 Å². The van der Waals surface area contributed by atoms with Crippen LogP contribution >= 0.6 is 0 Å². The second-order valence-corrected chi connectivity index (χ2v) is 4.76. The predicted molar refractivity (Wildman–Crippen MR) is 47.4 cm³/mol. The minimum Gasteiger partial charge on any atom is -0.477 e. The van der Waals surface area contributed by atoms with E-state index in [1.165, 1.54) is 0 Å². The van der Waals surface area contributed by atoms with Gasteiger partial charge in [-0.05, 0) is 18.8 Å². The number of halogens is 2. The van der Waals surface area contributed by atoms with E-state index in [2.05, 4.69) is 5.32 Å². The molecule has 1 aliphatic rings. The van der Waals surface area contributed by atoms with Crippen molar-refractivity contribution < 1.29 is 18.7 Å². The van der Waals surface area contributed by atoms with Crippen LogP contribution in [0.1, 0.15) is 27.2 Å². The highest BCUT2D eigenvalue weighted by Gasteiger charge is 2.58. The number of hydrogen-bond donors (Lipinski definition) is 2. The minimum atomic E-state index is -3.68. The Kier molecular flexibility index (Phi) is 2.34. The smallest absolute Gasteiger partial charge is 0.375 e. The summed E-state index contributed by atoms with van der Waals surface area (Å²) in [6.07, 6.45) is 0.787. The molecule has 1 unspecified atom stereocenters. The molecular weight excluding hydrogens is 192 g/mol. The van der Waals surface area contributed by atoms with Crippen molar-refractivity contribution in [2.24, 2.45) is 5.41 Å². The highest BCUT2D eigenvalue weighted by atomic mass is 19.3. The second-order valence-electron chi connectivity index (χ2n) is 4.76. The summed E-state index contributed by atoms with van der Waals surface area (Å²) in [5.74, 6) is -5.76. The lowest BCUT2D eigenvalue weighted by molar-refractivity contribution is -0.164. The van der Waals surface area contributed by atoms with Gasteiger partial charge in [0.1, 0.15) is 0 Å². The number of hydrogen-bond acceptors (Lipinski definition) is 2. The van der Waals surface area contributed by atoms with Crippen LogP contribution in [-0.4, -0.2) is 29.1 Å². The molecule has 0 aromatic carbocycles. The molecule has 0 heterocycles. The fraction of sp³-hybridized carbons (Fsp3) is 0.889. The average molecular weight is 207 g/mol. The van der Waals surface area contributed by atoms with Crippen LogP contribution in [0.3, 0.4) is 0 Å². The molecular formula is C9H15F2NO2. The van der Waals surface area contributed by atoms with Crippen LogP contribution in [0.4, 0.5) is 8.78 Å².